The molecular weight excluding hydrogens is 520 g/mol. The normalized spacial score (nSPS) is 24.1. The second kappa shape index (κ2) is 9.79. The first-order valence-corrected chi connectivity index (χ1v) is 15.7. The van der Waals surface area contributed by atoms with E-state index in [1.54, 1.807) is 37.8 Å². The average molecular weight is 555 g/mol. The van der Waals surface area contributed by atoms with Crippen molar-refractivity contribution in [3.8, 4) is 23.0 Å². The van der Waals surface area contributed by atoms with Crippen LogP contribution in [0.2, 0.25) is 0 Å². The van der Waals surface area contributed by atoms with Gasteiger partial charge < -0.3 is 18.4 Å². The molecule has 202 valence electrons. The zero-order valence-electron chi connectivity index (χ0n) is 21.9. The van der Waals surface area contributed by atoms with Crippen LogP contribution < -0.4 is 18.4 Å². The fourth-order valence-electron chi connectivity index (χ4n) is 7.29. The number of ether oxygens (including phenoxy) is 3. The molecule has 0 bridgehead atoms. The lowest BCUT2D eigenvalue weighted by atomic mass is 9.51. The Kier molecular flexibility index (Phi) is 6.59. The van der Waals surface area contributed by atoms with Crippen molar-refractivity contribution in [2.45, 2.75) is 73.0 Å². The van der Waals surface area contributed by atoms with Crippen LogP contribution in [0.15, 0.2) is 58.1 Å². The molecule has 0 amide bonds. The van der Waals surface area contributed by atoms with Gasteiger partial charge in [-0.3, -0.25) is 0 Å². The highest BCUT2D eigenvalue weighted by Crippen LogP contribution is 2.64. The number of benzene rings is 2. The van der Waals surface area contributed by atoms with Gasteiger partial charge in [0, 0.05) is 34.6 Å². The van der Waals surface area contributed by atoms with Crippen LogP contribution in [0.3, 0.4) is 0 Å². The van der Waals surface area contributed by atoms with E-state index in [1.807, 2.05) is 24.3 Å². The summed E-state index contributed by atoms with van der Waals surface area (Å²) in [5, 5.41) is 1.74. The van der Waals surface area contributed by atoms with Crippen LogP contribution in [0.1, 0.15) is 68.9 Å². The maximum atomic E-state index is 13.3. The Balaban J connectivity index is 1.56. The molecule has 2 fully saturated rings. The Hall–Kier alpha value is -2.71. The molecule has 6 rings (SSSR count). The summed E-state index contributed by atoms with van der Waals surface area (Å²) in [5.41, 5.74) is 1.29. The Morgan fingerprint density at radius 1 is 0.868 bits per heavy atom. The van der Waals surface area contributed by atoms with Gasteiger partial charge in [-0.15, -0.1) is 11.3 Å². The second-order valence-corrected chi connectivity index (χ2v) is 13.4. The van der Waals surface area contributed by atoms with Crippen LogP contribution in [-0.4, -0.2) is 22.6 Å². The van der Waals surface area contributed by atoms with E-state index in [-0.39, 0.29) is 21.3 Å². The number of rotatable bonds is 6. The lowest BCUT2D eigenvalue weighted by molar-refractivity contribution is -0.0956. The van der Waals surface area contributed by atoms with Crippen molar-refractivity contribution in [2.24, 2.45) is 5.92 Å². The molecule has 6 nitrogen and oxygen atoms in total. The molecule has 2 aromatic carbocycles. The van der Waals surface area contributed by atoms with Crippen molar-refractivity contribution >= 4 is 21.5 Å². The van der Waals surface area contributed by atoms with Gasteiger partial charge in [-0.25, -0.2) is 0 Å². The molecule has 1 spiro atoms. The van der Waals surface area contributed by atoms with Gasteiger partial charge in [0.2, 0.25) is 0 Å². The first-order valence-electron chi connectivity index (χ1n) is 13.5. The molecule has 0 N–H and O–H groups in total. The van der Waals surface area contributed by atoms with Gasteiger partial charge in [0.25, 0.3) is 0 Å². The van der Waals surface area contributed by atoms with E-state index in [0.29, 0.717) is 5.75 Å². The van der Waals surface area contributed by atoms with Crippen LogP contribution in [0.25, 0.3) is 0 Å². The molecule has 1 aromatic heterocycles. The van der Waals surface area contributed by atoms with E-state index in [1.165, 1.54) is 24.8 Å². The molecule has 2 heterocycles. The first kappa shape index (κ1) is 25.6. The molecule has 2 atom stereocenters. The van der Waals surface area contributed by atoms with E-state index >= 15 is 0 Å². The quantitative estimate of drug-likeness (QED) is 0.300. The zero-order chi connectivity index (χ0) is 26.4. The number of hydrogen-bond acceptors (Lipinski definition) is 7. The van der Waals surface area contributed by atoms with E-state index < -0.39 is 15.7 Å². The fraction of sp³-hybridized carbons (Fsp3) is 0.467. The number of thiophene rings is 1. The van der Waals surface area contributed by atoms with Gasteiger partial charge in [-0.2, -0.15) is 8.42 Å². The van der Waals surface area contributed by atoms with Crippen molar-refractivity contribution in [1.29, 1.82) is 0 Å². The van der Waals surface area contributed by atoms with Crippen molar-refractivity contribution in [1.82, 2.24) is 0 Å². The van der Waals surface area contributed by atoms with Crippen LogP contribution in [0.4, 0.5) is 0 Å². The molecule has 2 aliphatic carbocycles. The van der Waals surface area contributed by atoms with Gasteiger partial charge in [0.1, 0.15) is 22.8 Å². The maximum Gasteiger partial charge on any atom is 0.348 e. The van der Waals surface area contributed by atoms with Gasteiger partial charge in [-0.05, 0) is 61.7 Å². The SMILES string of the molecule is COc1ccc2c(c1)OC1(c3ccc(OC)cc3OS(=O)(=O)c3cccs3)CCCCC1C21CCCCC1. The largest absolute Gasteiger partial charge is 0.497 e. The Labute approximate surface area is 229 Å². The van der Waals surface area contributed by atoms with Crippen molar-refractivity contribution in [3.05, 3.63) is 65.0 Å². The van der Waals surface area contributed by atoms with Crippen LogP contribution in [0, 0.1) is 5.92 Å². The van der Waals surface area contributed by atoms with Gasteiger partial charge in [0.05, 0.1) is 14.2 Å². The fourth-order valence-corrected chi connectivity index (χ4v) is 9.18. The van der Waals surface area contributed by atoms with E-state index in [2.05, 4.69) is 6.07 Å². The molecule has 3 aliphatic rings. The summed E-state index contributed by atoms with van der Waals surface area (Å²) in [7, 11) is -0.769. The van der Waals surface area contributed by atoms with E-state index in [4.69, 9.17) is 18.4 Å². The highest BCUT2D eigenvalue weighted by Gasteiger charge is 2.60. The molecular formula is C30H34O6S2. The minimum atomic E-state index is -4.01. The molecule has 3 aromatic rings. The summed E-state index contributed by atoms with van der Waals surface area (Å²) in [6.45, 7) is 0. The molecule has 1 aliphatic heterocycles. The van der Waals surface area contributed by atoms with Gasteiger partial charge in [-0.1, -0.05) is 37.8 Å². The van der Waals surface area contributed by atoms with Gasteiger partial charge >= 0.3 is 10.1 Å². The standard InChI is InChI=1S/C30H34O6S2/c1-33-21-11-13-23-25(19-21)35-30(17-7-4-9-27(30)29(23)15-5-3-6-16-29)24-14-12-22(34-2)20-26(24)36-38(31,32)28-10-8-18-37-28/h8,10-14,18-20,27H,3-7,9,15-17H2,1-2H3. The molecule has 0 radical (unpaired) electrons. The predicted octanol–water partition coefficient (Wildman–Crippen LogP) is 7.21. The minimum absolute atomic E-state index is 0.0393. The minimum Gasteiger partial charge on any atom is -0.497 e. The third kappa shape index (κ3) is 4.08. The van der Waals surface area contributed by atoms with Crippen LogP contribution in [0.5, 0.6) is 23.0 Å². The second-order valence-electron chi connectivity index (χ2n) is 10.7. The molecule has 38 heavy (non-hydrogen) atoms. The smallest absolute Gasteiger partial charge is 0.348 e. The summed E-state index contributed by atoms with van der Waals surface area (Å²) in [6.07, 6.45) is 9.73. The van der Waals surface area contributed by atoms with E-state index in [0.717, 1.165) is 66.9 Å². The summed E-state index contributed by atoms with van der Waals surface area (Å²) in [5.74, 6) is 2.61. The number of fused-ring (bicyclic) bond motifs is 4. The molecule has 8 heteroatoms. The highest BCUT2D eigenvalue weighted by atomic mass is 32.3. The Morgan fingerprint density at radius 3 is 2.29 bits per heavy atom. The van der Waals surface area contributed by atoms with Crippen LogP contribution >= 0.6 is 11.3 Å². The lowest BCUT2D eigenvalue weighted by Crippen LogP contribution is -2.57. The Morgan fingerprint density at radius 2 is 1.58 bits per heavy atom. The van der Waals surface area contributed by atoms with Crippen molar-refractivity contribution in [2.75, 3.05) is 14.2 Å². The molecule has 2 unspecified atom stereocenters. The maximum absolute atomic E-state index is 13.3. The third-order valence-electron chi connectivity index (χ3n) is 8.87. The summed E-state index contributed by atoms with van der Waals surface area (Å²) in [4.78, 5) is 0. The number of methoxy groups -OCH3 is 2. The number of hydrogen-bond donors (Lipinski definition) is 0. The third-order valence-corrected chi connectivity index (χ3v) is 11.5. The first-order chi connectivity index (χ1) is 18.4. The molecule has 2 saturated carbocycles. The summed E-state index contributed by atoms with van der Waals surface area (Å²) >= 11 is 1.14. The highest BCUT2D eigenvalue weighted by molar-refractivity contribution is 7.89. The topological polar surface area (TPSA) is 71.1 Å². The lowest BCUT2D eigenvalue weighted by Gasteiger charge is -2.58. The molecule has 0 saturated heterocycles. The zero-order valence-corrected chi connectivity index (χ0v) is 23.5. The van der Waals surface area contributed by atoms with Crippen LogP contribution in [-0.2, 0) is 21.1 Å². The van der Waals surface area contributed by atoms with Gasteiger partial charge in [0.15, 0.2) is 9.96 Å². The average Bonchev–Trinajstić information content (AvgIpc) is 3.50. The predicted molar refractivity (Wildman–Crippen MR) is 147 cm³/mol. The van der Waals surface area contributed by atoms with Crippen molar-refractivity contribution in [3.63, 3.8) is 0 Å². The monoisotopic (exact) mass is 554 g/mol. The van der Waals surface area contributed by atoms with E-state index in [9.17, 15) is 8.42 Å². The van der Waals surface area contributed by atoms with Crippen molar-refractivity contribution < 1.29 is 26.8 Å². The Bertz CT molecular complexity index is 1410. The summed E-state index contributed by atoms with van der Waals surface area (Å²) < 4.78 is 50.9. The summed E-state index contributed by atoms with van der Waals surface area (Å²) in [6, 6.07) is 15.1.